The Morgan fingerprint density at radius 2 is 1.92 bits per heavy atom. The van der Waals surface area contributed by atoms with Gasteiger partial charge in [0.15, 0.2) is 16.7 Å². The summed E-state index contributed by atoms with van der Waals surface area (Å²) in [5.41, 5.74) is 2.20. The monoisotopic (exact) mass is 356 g/mol. The van der Waals surface area contributed by atoms with E-state index in [1.165, 1.54) is 24.0 Å². The summed E-state index contributed by atoms with van der Waals surface area (Å²) < 4.78 is 4.95. The van der Waals surface area contributed by atoms with Crippen LogP contribution in [0.4, 0.5) is 0 Å². The topological polar surface area (TPSA) is 71.3 Å². The lowest BCUT2D eigenvalue weighted by molar-refractivity contribution is -0.113. The van der Waals surface area contributed by atoms with Crippen LogP contribution in [0.25, 0.3) is 6.08 Å². The fourth-order valence-corrected chi connectivity index (χ4v) is 2.19. The van der Waals surface area contributed by atoms with Crippen molar-refractivity contribution in [2.24, 2.45) is 0 Å². The van der Waals surface area contributed by atoms with Gasteiger partial charge in [0.25, 0.3) is 5.91 Å². The second kappa shape index (κ2) is 8.94. The Hall–Kier alpha value is -2.73. The van der Waals surface area contributed by atoms with Crippen molar-refractivity contribution in [2.45, 2.75) is 19.8 Å². The Morgan fingerprint density at radius 1 is 1.20 bits per heavy atom. The van der Waals surface area contributed by atoms with E-state index in [1.54, 1.807) is 12.1 Å². The fraction of sp³-hybridized carbons (Fsp3) is 0.211. The van der Waals surface area contributed by atoms with Crippen molar-refractivity contribution in [1.29, 1.82) is 0 Å². The number of carbonyl (C=O) groups excluding carboxylic acids is 2. The number of rotatable bonds is 6. The van der Waals surface area contributed by atoms with Gasteiger partial charge in [-0.05, 0) is 47.5 Å². The first-order chi connectivity index (χ1) is 12.0. The van der Waals surface area contributed by atoms with Crippen LogP contribution in [0.15, 0.2) is 53.2 Å². The lowest BCUT2D eigenvalue weighted by Crippen LogP contribution is -2.41. The molecule has 2 rings (SSSR count). The van der Waals surface area contributed by atoms with Crippen molar-refractivity contribution < 1.29 is 14.0 Å². The molecule has 2 N–H and O–H groups in total. The molecule has 1 aromatic carbocycles. The van der Waals surface area contributed by atoms with Crippen molar-refractivity contribution in [3.8, 4) is 0 Å². The van der Waals surface area contributed by atoms with Gasteiger partial charge in [-0.1, -0.05) is 44.2 Å². The first-order valence-corrected chi connectivity index (χ1v) is 8.30. The van der Waals surface area contributed by atoms with Crippen LogP contribution < -0.4 is 10.6 Å². The number of hydrogen-bond acceptors (Lipinski definition) is 4. The lowest BCUT2D eigenvalue weighted by Gasteiger charge is -2.06. The minimum atomic E-state index is -0.462. The molecule has 1 aromatic heterocycles. The molecule has 0 aliphatic rings. The van der Waals surface area contributed by atoms with Crippen molar-refractivity contribution in [3.63, 3.8) is 0 Å². The van der Waals surface area contributed by atoms with Crippen LogP contribution in [-0.2, 0) is 4.79 Å². The van der Waals surface area contributed by atoms with Crippen molar-refractivity contribution >= 4 is 35.1 Å². The Morgan fingerprint density at radius 3 is 2.52 bits per heavy atom. The standard InChI is InChI=1S/C19H20N2O3S/c1-13(2)15-8-5-14(6-9-15)7-10-16(22)12-20-19(25)21-18(23)17-4-3-11-24-17/h3-11,13H,12H2,1-2H3,(H2,20,21,23,25)/b10-7+. The molecule has 0 saturated heterocycles. The number of amides is 1. The molecule has 1 amide bonds. The summed E-state index contributed by atoms with van der Waals surface area (Å²) in [5, 5.41) is 5.21. The summed E-state index contributed by atoms with van der Waals surface area (Å²) in [4.78, 5) is 23.6. The number of furan rings is 1. The zero-order chi connectivity index (χ0) is 18.2. The zero-order valence-corrected chi connectivity index (χ0v) is 14.9. The third-order valence-electron chi connectivity index (χ3n) is 3.46. The molecule has 25 heavy (non-hydrogen) atoms. The summed E-state index contributed by atoms with van der Waals surface area (Å²) >= 11 is 4.98. The van der Waals surface area contributed by atoms with E-state index in [2.05, 4.69) is 24.5 Å². The van der Waals surface area contributed by atoms with Gasteiger partial charge >= 0.3 is 0 Å². The van der Waals surface area contributed by atoms with Crippen LogP contribution in [0.1, 0.15) is 41.4 Å². The number of thiocarbonyl (C=S) groups is 1. The lowest BCUT2D eigenvalue weighted by atomic mass is 10.0. The third kappa shape index (κ3) is 6.00. The highest BCUT2D eigenvalue weighted by atomic mass is 32.1. The maximum Gasteiger partial charge on any atom is 0.293 e. The number of carbonyl (C=O) groups is 2. The maximum atomic E-state index is 11.9. The molecule has 2 aromatic rings. The van der Waals surface area contributed by atoms with E-state index in [9.17, 15) is 9.59 Å². The summed E-state index contributed by atoms with van der Waals surface area (Å²) in [7, 11) is 0. The number of ketones is 1. The molecule has 0 fully saturated rings. The highest BCUT2D eigenvalue weighted by Gasteiger charge is 2.10. The molecule has 1 heterocycles. The quantitative estimate of drug-likeness (QED) is 0.614. The predicted octanol–water partition coefficient (Wildman–Crippen LogP) is 3.29. The molecule has 6 heteroatoms. The van der Waals surface area contributed by atoms with E-state index >= 15 is 0 Å². The average molecular weight is 356 g/mol. The van der Waals surface area contributed by atoms with Gasteiger partial charge in [-0.15, -0.1) is 0 Å². The van der Waals surface area contributed by atoms with E-state index in [-0.39, 0.29) is 23.2 Å². The van der Waals surface area contributed by atoms with Gasteiger partial charge in [0.2, 0.25) is 0 Å². The zero-order valence-electron chi connectivity index (χ0n) is 14.1. The van der Waals surface area contributed by atoms with Crippen molar-refractivity contribution in [3.05, 3.63) is 65.6 Å². The Bertz CT molecular complexity index is 762. The Kier molecular flexibility index (Phi) is 6.65. The first-order valence-electron chi connectivity index (χ1n) is 7.89. The van der Waals surface area contributed by atoms with Gasteiger partial charge in [-0.25, -0.2) is 0 Å². The molecule has 0 radical (unpaired) electrons. The summed E-state index contributed by atoms with van der Waals surface area (Å²) in [6.07, 6.45) is 4.63. The molecule has 0 bridgehead atoms. The smallest absolute Gasteiger partial charge is 0.293 e. The summed E-state index contributed by atoms with van der Waals surface area (Å²) in [6.45, 7) is 4.26. The summed E-state index contributed by atoms with van der Waals surface area (Å²) in [6, 6.07) is 11.2. The van der Waals surface area contributed by atoms with E-state index in [4.69, 9.17) is 16.6 Å². The number of benzene rings is 1. The molecular formula is C19H20N2O3S. The van der Waals surface area contributed by atoms with Crippen LogP contribution in [0.5, 0.6) is 0 Å². The Balaban J connectivity index is 1.77. The van der Waals surface area contributed by atoms with Gasteiger partial charge < -0.3 is 9.73 Å². The second-order valence-electron chi connectivity index (χ2n) is 5.74. The highest BCUT2D eigenvalue weighted by molar-refractivity contribution is 7.80. The number of nitrogens with one attached hydrogen (secondary N) is 2. The molecule has 0 aliphatic carbocycles. The molecule has 130 valence electrons. The molecule has 0 spiro atoms. The van der Waals surface area contributed by atoms with Crippen LogP contribution in [0, 0.1) is 0 Å². The van der Waals surface area contributed by atoms with E-state index in [1.807, 2.05) is 24.3 Å². The van der Waals surface area contributed by atoms with Crippen LogP contribution in [0.3, 0.4) is 0 Å². The third-order valence-corrected chi connectivity index (χ3v) is 3.71. The molecule has 0 aliphatic heterocycles. The summed E-state index contributed by atoms with van der Waals surface area (Å²) in [5.74, 6) is 0.0137. The number of hydrogen-bond donors (Lipinski definition) is 2. The minimum Gasteiger partial charge on any atom is -0.459 e. The van der Waals surface area contributed by atoms with Crippen LogP contribution in [-0.4, -0.2) is 23.3 Å². The fourth-order valence-electron chi connectivity index (χ4n) is 2.02. The normalized spacial score (nSPS) is 10.8. The van der Waals surface area contributed by atoms with Crippen molar-refractivity contribution in [2.75, 3.05) is 6.54 Å². The molecule has 0 unspecified atom stereocenters. The van der Waals surface area contributed by atoms with E-state index in [0.717, 1.165) is 5.56 Å². The maximum absolute atomic E-state index is 11.9. The molecule has 0 saturated carbocycles. The predicted molar refractivity (Wildman–Crippen MR) is 101 cm³/mol. The van der Waals surface area contributed by atoms with Gasteiger partial charge in [0.1, 0.15) is 0 Å². The molecule has 5 nitrogen and oxygen atoms in total. The second-order valence-corrected chi connectivity index (χ2v) is 6.14. The highest BCUT2D eigenvalue weighted by Crippen LogP contribution is 2.15. The van der Waals surface area contributed by atoms with Gasteiger partial charge in [-0.2, -0.15) is 0 Å². The minimum absolute atomic E-state index is 0.00214. The van der Waals surface area contributed by atoms with Crippen molar-refractivity contribution in [1.82, 2.24) is 10.6 Å². The average Bonchev–Trinajstić information content (AvgIpc) is 3.13. The SMILES string of the molecule is CC(C)c1ccc(/C=C/C(=O)CNC(=S)NC(=O)c2ccco2)cc1. The largest absolute Gasteiger partial charge is 0.459 e. The van der Waals surface area contributed by atoms with Gasteiger partial charge in [-0.3, -0.25) is 14.9 Å². The van der Waals surface area contributed by atoms with Gasteiger partial charge in [0, 0.05) is 0 Å². The first kappa shape index (κ1) is 18.6. The Labute approximate surface area is 152 Å². The van der Waals surface area contributed by atoms with Crippen LogP contribution in [0.2, 0.25) is 0 Å². The molecule has 0 atom stereocenters. The molecular weight excluding hydrogens is 336 g/mol. The van der Waals surface area contributed by atoms with Crippen LogP contribution >= 0.6 is 12.2 Å². The van der Waals surface area contributed by atoms with E-state index < -0.39 is 5.91 Å². The van der Waals surface area contributed by atoms with E-state index in [0.29, 0.717) is 5.92 Å². The van der Waals surface area contributed by atoms with Gasteiger partial charge in [0.05, 0.1) is 12.8 Å².